The Labute approximate surface area is 161 Å². The van der Waals surface area contributed by atoms with Gasteiger partial charge in [0, 0.05) is 37.8 Å². The van der Waals surface area contributed by atoms with E-state index in [4.69, 9.17) is 4.98 Å². The van der Waals surface area contributed by atoms with Gasteiger partial charge in [0.25, 0.3) is 5.56 Å². The van der Waals surface area contributed by atoms with Gasteiger partial charge >= 0.3 is 0 Å². The predicted octanol–water partition coefficient (Wildman–Crippen LogP) is 1.47. The van der Waals surface area contributed by atoms with Gasteiger partial charge in [-0.05, 0) is 25.0 Å². The SMILES string of the molecule is N#Cc1cccc(-c2nc3cnc(N4CCNCC4)nc3n(C3CC3)c2=O)c1. The zero-order valence-corrected chi connectivity index (χ0v) is 15.3. The molecule has 0 radical (unpaired) electrons. The molecule has 2 aromatic heterocycles. The fraction of sp³-hybridized carbons (Fsp3) is 0.350. The molecule has 0 unspecified atom stereocenters. The summed E-state index contributed by atoms with van der Waals surface area (Å²) in [5.41, 5.74) is 2.53. The molecule has 3 aromatic rings. The van der Waals surface area contributed by atoms with Crippen LogP contribution in [0.4, 0.5) is 5.95 Å². The van der Waals surface area contributed by atoms with E-state index in [2.05, 4.69) is 26.3 Å². The van der Waals surface area contributed by atoms with E-state index in [9.17, 15) is 10.1 Å². The predicted molar refractivity (Wildman–Crippen MR) is 105 cm³/mol. The Morgan fingerprint density at radius 3 is 2.75 bits per heavy atom. The molecule has 1 saturated heterocycles. The molecule has 8 heteroatoms. The normalized spacial score (nSPS) is 16.9. The van der Waals surface area contributed by atoms with Crippen LogP contribution in [0.1, 0.15) is 24.4 Å². The third-order valence-electron chi connectivity index (χ3n) is 5.20. The molecular formula is C20H19N7O. The van der Waals surface area contributed by atoms with Gasteiger partial charge in [-0.3, -0.25) is 9.36 Å². The van der Waals surface area contributed by atoms with E-state index in [0.717, 1.165) is 39.0 Å². The number of nitrogens with zero attached hydrogens (tertiary/aromatic N) is 6. The van der Waals surface area contributed by atoms with Crippen molar-refractivity contribution in [1.29, 1.82) is 5.26 Å². The van der Waals surface area contributed by atoms with E-state index in [0.29, 0.717) is 33.9 Å². The fourth-order valence-electron chi connectivity index (χ4n) is 3.60. The third-order valence-corrected chi connectivity index (χ3v) is 5.20. The second-order valence-electron chi connectivity index (χ2n) is 7.18. The second kappa shape index (κ2) is 6.69. The highest BCUT2D eigenvalue weighted by Gasteiger charge is 2.29. The minimum absolute atomic E-state index is 0.154. The first kappa shape index (κ1) is 16.8. The number of hydrogen-bond donors (Lipinski definition) is 1. The smallest absolute Gasteiger partial charge is 0.279 e. The molecule has 140 valence electrons. The van der Waals surface area contributed by atoms with E-state index in [1.54, 1.807) is 29.0 Å². The van der Waals surface area contributed by atoms with Gasteiger partial charge in [0.1, 0.15) is 11.2 Å². The summed E-state index contributed by atoms with van der Waals surface area (Å²) in [5, 5.41) is 12.5. The van der Waals surface area contributed by atoms with Crippen LogP contribution in [0.2, 0.25) is 0 Å². The van der Waals surface area contributed by atoms with Crippen molar-refractivity contribution in [3.8, 4) is 17.3 Å². The molecule has 0 bridgehead atoms. The first-order valence-electron chi connectivity index (χ1n) is 9.50. The summed E-state index contributed by atoms with van der Waals surface area (Å²) in [7, 11) is 0. The van der Waals surface area contributed by atoms with Crippen LogP contribution in [-0.4, -0.2) is 45.7 Å². The van der Waals surface area contributed by atoms with Crippen LogP contribution in [0.5, 0.6) is 0 Å². The van der Waals surface area contributed by atoms with Crippen molar-refractivity contribution in [1.82, 2.24) is 24.8 Å². The van der Waals surface area contributed by atoms with Crippen molar-refractivity contribution in [3.05, 3.63) is 46.4 Å². The van der Waals surface area contributed by atoms with Crippen LogP contribution in [0.3, 0.4) is 0 Å². The summed E-state index contributed by atoms with van der Waals surface area (Å²) < 4.78 is 1.77. The average Bonchev–Trinajstić information content (AvgIpc) is 3.58. The Hall–Kier alpha value is -3.31. The molecule has 8 nitrogen and oxygen atoms in total. The molecule has 3 heterocycles. The number of aromatic nitrogens is 4. The molecule has 0 atom stereocenters. The lowest BCUT2D eigenvalue weighted by Crippen LogP contribution is -2.44. The molecule has 0 amide bonds. The van der Waals surface area contributed by atoms with Gasteiger partial charge in [-0.1, -0.05) is 12.1 Å². The maximum absolute atomic E-state index is 13.3. The van der Waals surface area contributed by atoms with Gasteiger partial charge < -0.3 is 10.2 Å². The summed E-state index contributed by atoms with van der Waals surface area (Å²) >= 11 is 0. The van der Waals surface area contributed by atoms with Gasteiger partial charge in [0.2, 0.25) is 5.95 Å². The summed E-state index contributed by atoms with van der Waals surface area (Å²) in [5.74, 6) is 0.642. The van der Waals surface area contributed by atoms with Gasteiger partial charge in [0.05, 0.1) is 17.8 Å². The Bertz CT molecular complexity index is 1150. The standard InChI is InChI=1S/C20H19N7O/c21-11-13-2-1-3-14(10-13)17-19(28)27(15-4-5-15)18-16(24-17)12-23-20(25-18)26-8-6-22-7-9-26/h1-3,10,12,15,22H,4-9H2. The molecule has 2 aliphatic rings. The van der Waals surface area contributed by atoms with Crippen LogP contribution in [-0.2, 0) is 0 Å². The van der Waals surface area contributed by atoms with Crippen molar-refractivity contribution >= 4 is 17.1 Å². The molecule has 1 saturated carbocycles. The number of anilines is 1. The van der Waals surface area contributed by atoms with E-state index < -0.39 is 0 Å². The lowest BCUT2D eigenvalue weighted by atomic mass is 10.1. The van der Waals surface area contributed by atoms with Crippen LogP contribution >= 0.6 is 0 Å². The first-order valence-corrected chi connectivity index (χ1v) is 9.50. The minimum atomic E-state index is -0.157. The Morgan fingerprint density at radius 1 is 1.18 bits per heavy atom. The molecule has 28 heavy (non-hydrogen) atoms. The molecule has 5 rings (SSSR count). The average molecular weight is 373 g/mol. The Kier molecular flexibility index (Phi) is 4.02. The fourth-order valence-corrected chi connectivity index (χ4v) is 3.60. The topological polar surface area (TPSA) is 99.7 Å². The first-order chi connectivity index (χ1) is 13.7. The molecular weight excluding hydrogens is 354 g/mol. The highest BCUT2D eigenvalue weighted by molar-refractivity contribution is 5.75. The molecule has 1 N–H and O–H groups in total. The van der Waals surface area contributed by atoms with Crippen LogP contribution < -0.4 is 15.8 Å². The van der Waals surface area contributed by atoms with Crippen molar-refractivity contribution in [2.24, 2.45) is 0 Å². The lowest BCUT2D eigenvalue weighted by molar-refractivity contribution is 0.579. The number of piperazine rings is 1. The molecule has 2 fully saturated rings. The number of nitriles is 1. The van der Waals surface area contributed by atoms with E-state index in [1.165, 1.54) is 0 Å². The number of nitrogens with one attached hydrogen (secondary N) is 1. The minimum Gasteiger partial charge on any atom is -0.338 e. The summed E-state index contributed by atoms with van der Waals surface area (Å²) in [6.45, 7) is 3.46. The second-order valence-corrected chi connectivity index (χ2v) is 7.18. The zero-order valence-electron chi connectivity index (χ0n) is 15.3. The Balaban J connectivity index is 1.69. The van der Waals surface area contributed by atoms with Gasteiger partial charge in [-0.2, -0.15) is 10.2 Å². The van der Waals surface area contributed by atoms with Crippen molar-refractivity contribution < 1.29 is 0 Å². The van der Waals surface area contributed by atoms with Gasteiger partial charge in [-0.15, -0.1) is 0 Å². The largest absolute Gasteiger partial charge is 0.338 e. The summed E-state index contributed by atoms with van der Waals surface area (Å²) in [4.78, 5) is 29.2. The maximum atomic E-state index is 13.3. The highest BCUT2D eigenvalue weighted by Crippen LogP contribution is 2.36. The summed E-state index contributed by atoms with van der Waals surface area (Å²) in [6, 6.07) is 9.26. The van der Waals surface area contributed by atoms with Crippen LogP contribution in [0.25, 0.3) is 22.4 Å². The number of fused-ring (bicyclic) bond motifs is 1. The summed E-state index contributed by atoms with van der Waals surface area (Å²) in [6.07, 6.45) is 3.63. The van der Waals surface area contributed by atoms with E-state index in [-0.39, 0.29) is 11.6 Å². The van der Waals surface area contributed by atoms with Gasteiger partial charge in [0.15, 0.2) is 5.65 Å². The van der Waals surface area contributed by atoms with Crippen molar-refractivity contribution in [2.75, 3.05) is 31.1 Å². The zero-order chi connectivity index (χ0) is 19.1. The quantitative estimate of drug-likeness (QED) is 0.742. The maximum Gasteiger partial charge on any atom is 0.279 e. The molecule has 0 spiro atoms. The Morgan fingerprint density at radius 2 is 2.00 bits per heavy atom. The monoisotopic (exact) mass is 373 g/mol. The van der Waals surface area contributed by atoms with Crippen molar-refractivity contribution in [3.63, 3.8) is 0 Å². The van der Waals surface area contributed by atoms with E-state index in [1.807, 2.05) is 6.07 Å². The molecule has 1 aliphatic heterocycles. The van der Waals surface area contributed by atoms with E-state index >= 15 is 0 Å². The highest BCUT2D eigenvalue weighted by atomic mass is 16.1. The third kappa shape index (κ3) is 2.90. The number of hydrogen-bond acceptors (Lipinski definition) is 7. The number of benzene rings is 1. The lowest BCUT2D eigenvalue weighted by Gasteiger charge is -2.27. The molecule has 1 aliphatic carbocycles. The van der Waals surface area contributed by atoms with Crippen LogP contribution in [0, 0.1) is 11.3 Å². The van der Waals surface area contributed by atoms with Crippen LogP contribution in [0.15, 0.2) is 35.3 Å². The van der Waals surface area contributed by atoms with Gasteiger partial charge in [-0.25, -0.2) is 9.97 Å². The number of rotatable bonds is 3. The molecule has 1 aromatic carbocycles. The van der Waals surface area contributed by atoms with Crippen molar-refractivity contribution in [2.45, 2.75) is 18.9 Å².